The molecule has 2 aliphatic heterocycles. The molecule has 0 aromatic rings. The number of carbonyl (C=O) groups is 1. The molecule has 0 aromatic carbocycles. The van der Waals surface area contributed by atoms with E-state index in [1.54, 1.807) is 0 Å². The van der Waals surface area contributed by atoms with Gasteiger partial charge in [-0.25, -0.2) is 0 Å². The maximum Gasteiger partial charge on any atom is 0.224 e. The maximum atomic E-state index is 12.2. The van der Waals surface area contributed by atoms with Gasteiger partial charge in [0.15, 0.2) is 0 Å². The van der Waals surface area contributed by atoms with Crippen LogP contribution in [0.1, 0.15) is 33.1 Å². The Labute approximate surface area is 97.3 Å². The topological polar surface area (TPSA) is 41.6 Å². The number of hydrogen-bond acceptors (Lipinski definition) is 3. The monoisotopic (exact) mass is 226 g/mol. The zero-order valence-corrected chi connectivity index (χ0v) is 10.3. The van der Waals surface area contributed by atoms with Gasteiger partial charge in [-0.05, 0) is 33.2 Å². The van der Waals surface area contributed by atoms with Gasteiger partial charge < -0.3 is 15.0 Å². The molecule has 2 fully saturated rings. The lowest BCUT2D eigenvalue weighted by Crippen LogP contribution is -2.56. The summed E-state index contributed by atoms with van der Waals surface area (Å²) in [6.45, 7) is 7.27. The SMILES string of the molecule is CC1(C)COCCN1C(=O)CC1CCCN1. The second-order valence-corrected chi connectivity index (χ2v) is 5.41. The molecule has 2 saturated heterocycles. The van der Waals surface area contributed by atoms with Crippen LogP contribution in [0.2, 0.25) is 0 Å². The predicted octanol–water partition coefficient (Wildman–Crippen LogP) is 0.766. The first-order chi connectivity index (χ1) is 7.59. The molecular weight excluding hydrogens is 204 g/mol. The van der Waals surface area contributed by atoms with Crippen molar-refractivity contribution in [2.75, 3.05) is 26.3 Å². The summed E-state index contributed by atoms with van der Waals surface area (Å²) in [7, 11) is 0. The first kappa shape index (κ1) is 11.9. The molecule has 4 nitrogen and oxygen atoms in total. The minimum Gasteiger partial charge on any atom is -0.377 e. The summed E-state index contributed by atoms with van der Waals surface area (Å²) in [6.07, 6.45) is 2.98. The highest BCUT2D eigenvalue weighted by Gasteiger charge is 2.34. The van der Waals surface area contributed by atoms with Crippen molar-refractivity contribution in [3.8, 4) is 0 Å². The van der Waals surface area contributed by atoms with Crippen LogP contribution in [0.25, 0.3) is 0 Å². The van der Waals surface area contributed by atoms with E-state index in [0.29, 0.717) is 25.7 Å². The Morgan fingerprint density at radius 3 is 3.00 bits per heavy atom. The van der Waals surface area contributed by atoms with Crippen molar-refractivity contribution in [1.82, 2.24) is 10.2 Å². The average molecular weight is 226 g/mol. The Balaban J connectivity index is 1.91. The smallest absolute Gasteiger partial charge is 0.224 e. The van der Waals surface area contributed by atoms with Gasteiger partial charge in [0.25, 0.3) is 0 Å². The van der Waals surface area contributed by atoms with E-state index >= 15 is 0 Å². The number of nitrogens with one attached hydrogen (secondary N) is 1. The van der Waals surface area contributed by atoms with E-state index in [9.17, 15) is 4.79 Å². The number of carbonyl (C=O) groups excluding carboxylic acids is 1. The third kappa shape index (κ3) is 2.55. The van der Waals surface area contributed by atoms with Crippen molar-refractivity contribution in [1.29, 1.82) is 0 Å². The van der Waals surface area contributed by atoms with Crippen molar-refractivity contribution in [2.24, 2.45) is 0 Å². The van der Waals surface area contributed by atoms with Gasteiger partial charge in [0.1, 0.15) is 0 Å². The van der Waals surface area contributed by atoms with Gasteiger partial charge in [-0.1, -0.05) is 0 Å². The van der Waals surface area contributed by atoms with Crippen LogP contribution in [0.3, 0.4) is 0 Å². The third-order valence-electron chi connectivity index (χ3n) is 3.53. The molecule has 0 aliphatic carbocycles. The van der Waals surface area contributed by atoms with E-state index in [-0.39, 0.29) is 11.4 Å². The van der Waals surface area contributed by atoms with Crippen LogP contribution in [-0.4, -0.2) is 48.7 Å². The lowest BCUT2D eigenvalue weighted by molar-refractivity contribution is -0.146. The number of ether oxygens (including phenoxy) is 1. The molecule has 16 heavy (non-hydrogen) atoms. The van der Waals surface area contributed by atoms with E-state index in [1.165, 1.54) is 6.42 Å². The van der Waals surface area contributed by atoms with E-state index in [4.69, 9.17) is 4.74 Å². The Kier molecular flexibility index (Phi) is 3.50. The predicted molar refractivity (Wildman–Crippen MR) is 62.3 cm³/mol. The van der Waals surface area contributed by atoms with Crippen molar-refractivity contribution in [2.45, 2.75) is 44.7 Å². The molecule has 1 atom stereocenters. The molecule has 0 bridgehead atoms. The van der Waals surface area contributed by atoms with Gasteiger partial charge in [-0.3, -0.25) is 4.79 Å². The minimum atomic E-state index is -0.145. The average Bonchev–Trinajstić information content (AvgIpc) is 2.69. The van der Waals surface area contributed by atoms with Crippen molar-refractivity contribution in [3.05, 3.63) is 0 Å². The quantitative estimate of drug-likeness (QED) is 0.756. The summed E-state index contributed by atoms with van der Waals surface area (Å²) in [4.78, 5) is 14.2. The summed E-state index contributed by atoms with van der Waals surface area (Å²) < 4.78 is 5.43. The number of rotatable bonds is 2. The zero-order valence-electron chi connectivity index (χ0n) is 10.3. The van der Waals surface area contributed by atoms with Crippen LogP contribution >= 0.6 is 0 Å². The van der Waals surface area contributed by atoms with Crippen LogP contribution in [-0.2, 0) is 9.53 Å². The van der Waals surface area contributed by atoms with Crippen molar-refractivity contribution < 1.29 is 9.53 Å². The number of morpholine rings is 1. The zero-order chi connectivity index (χ0) is 11.6. The Morgan fingerprint density at radius 2 is 2.38 bits per heavy atom. The molecule has 2 rings (SSSR count). The standard InChI is InChI=1S/C12H22N2O2/c1-12(2)9-16-7-6-14(12)11(15)8-10-4-3-5-13-10/h10,13H,3-9H2,1-2H3. The minimum absolute atomic E-state index is 0.145. The third-order valence-corrected chi connectivity index (χ3v) is 3.53. The molecule has 2 heterocycles. The van der Waals surface area contributed by atoms with E-state index in [0.717, 1.165) is 19.5 Å². The highest BCUT2D eigenvalue weighted by molar-refractivity contribution is 5.77. The molecule has 0 spiro atoms. The lowest BCUT2D eigenvalue weighted by atomic mass is 10.0. The van der Waals surface area contributed by atoms with Gasteiger partial charge in [0.05, 0.1) is 18.8 Å². The Hall–Kier alpha value is -0.610. The molecule has 1 unspecified atom stereocenters. The van der Waals surface area contributed by atoms with Crippen LogP contribution in [0.15, 0.2) is 0 Å². The van der Waals surface area contributed by atoms with Gasteiger partial charge in [-0.15, -0.1) is 0 Å². The van der Waals surface area contributed by atoms with Crippen LogP contribution < -0.4 is 5.32 Å². The molecule has 2 aliphatic rings. The summed E-state index contributed by atoms with van der Waals surface area (Å²) >= 11 is 0. The van der Waals surface area contributed by atoms with Gasteiger partial charge >= 0.3 is 0 Å². The Morgan fingerprint density at radius 1 is 1.56 bits per heavy atom. The first-order valence-corrected chi connectivity index (χ1v) is 6.21. The molecule has 1 N–H and O–H groups in total. The molecule has 92 valence electrons. The fourth-order valence-corrected chi connectivity index (χ4v) is 2.57. The summed E-state index contributed by atoms with van der Waals surface area (Å²) in [5.41, 5.74) is -0.145. The second kappa shape index (κ2) is 4.72. The summed E-state index contributed by atoms with van der Waals surface area (Å²) in [5, 5.41) is 3.38. The summed E-state index contributed by atoms with van der Waals surface area (Å²) in [5.74, 6) is 0.271. The van der Waals surface area contributed by atoms with Crippen molar-refractivity contribution in [3.63, 3.8) is 0 Å². The Bertz CT molecular complexity index is 260. The van der Waals surface area contributed by atoms with Crippen molar-refractivity contribution >= 4 is 5.91 Å². The molecule has 1 amide bonds. The maximum absolute atomic E-state index is 12.2. The molecule has 4 heteroatoms. The molecule has 0 radical (unpaired) electrons. The van der Waals surface area contributed by atoms with Crippen LogP contribution in [0, 0.1) is 0 Å². The molecule has 0 aromatic heterocycles. The van der Waals surface area contributed by atoms with Gasteiger partial charge in [0, 0.05) is 19.0 Å². The van der Waals surface area contributed by atoms with Gasteiger partial charge in [-0.2, -0.15) is 0 Å². The van der Waals surface area contributed by atoms with Gasteiger partial charge in [0.2, 0.25) is 5.91 Å². The van der Waals surface area contributed by atoms with Crippen LogP contribution in [0.4, 0.5) is 0 Å². The van der Waals surface area contributed by atoms with Crippen LogP contribution in [0.5, 0.6) is 0 Å². The second-order valence-electron chi connectivity index (χ2n) is 5.41. The van der Waals surface area contributed by atoms with E-state index < -0.39 is 0 Å². The number of amides is 1. The van der Waals surface area contributed by atoms with E-state index in [2.05, 4.69) is 19.2 Å². The fourth-order valence-electron chi connectivity index (χ4n) is 2.57. The normalized spacial score (nSPS) is 29.4. The summed E-state index contributed by atoms with van der Waals surface area (Å²) in [6, 6.07) is 0.395. The first-order valence-electron chi connectivity index (χ1n) is 6.21. The highest BCUT2D eigenvalue weighted by atomic mass is 16.5. The lowest BCUT2D eigenvalue weighted by Gasteiger charge is -2.42. The number of nitrogens with zero attached hydrogens (tertiary/aromatic N) is 1. The number of hydrogen-bond donors (Lipinski definition) is 1. The molecule has 0 saturated carbocycles. The van der Waals surface area contributed by atoms with E-state index in [1.807, 2.05) is 4.90 Å². The highest BCUT2D eigenvalue weighted by Crippen LogP contribution is 2.21. The fraction of sp³-hybridized carbons (Fsp3) is 0.917. The largest absolute Gasteiger partial charge is 0.377 e. The molecular formula is C12H22N2O2.